The van der Waals surface area contributed by atoms with E-state index in [0.717, 1.165) is 30.4 Å². The minimum absolute atomic E-state index is 0.0464. The number of ether oxygens (including phenoxy) is 1. The number of carboxylic acids is 1. The molecule has 1 heterocycles. The lowest BCUT2D eigenvalue weighted by atomic mass is 9.90. The summed E-state index contributed by atoms with van der Waals surface area (Å²) in [6, 6.07) is 2.70. The van der Waals surface area contributed by atoms with Crippen LogP contribution in [0.3, 0.4) is 0 Å². The molecule has 2 aliphatic rings. The Labute approximate surface area is 136 Å². The van der Waals surface area contributed by atoms with E-state index in [0.29, 0.717) is 26.2 Å². The molecule has 1 aromatic rings. The van der Waals surface area contributed by atoms with Gasteiger partial charge in [-0.15, -0.1) is 0 Å². The summed E-state index contributed by atoms with van der Waals surface area (Å²) in [4.78, 5) is 11.5. The number of nitrogens with zero attached hydrogens (tertiary/aromatic N) is 1. The average molecular weight is 339 g/mol. The number of hydrogen-bond donors (Lipinski definition) is 1. The summed E-state index contributed by atoms with van der Waals surface area (Å²) in [7, 11) is -3.72. The summed E-state index contributed by atoms with van der Waals surface area (Å²) < 4.78 is 33.0. The van der Waals surface area contributed by atoms with Gasteiger partial charge in [-0.25, -0.2) is 13.2 Å². The molecule has 0 unspecified atom stereocenters. The Morgan fingerprint density at radius 1 is 1.30 bits per heavy atom. The van der Waals surface area contributed by atoms with E-state index in [2.05, 4.69) is 0 Å². The molecule has 1 saturated heterocycles. The summed E-state index contributed by atoms with van der Waals surface area (Å²) in [5.74, 6) is -1.09. The lowest BCUT2D eigenvalue weighted by Crippen LogP contribution is -2.47. The van der Waals surface area contributed by atoms with Crippen molar-refractivity contribution in [1.29, 1.82) is 0 Å². The third-order valence-corrected chi connectivity index (χ3v) is 6.64. The van der Waals surface area contributed by atoms with E-state index < -0.39 is 16.0 Å². The molecule has 23 heavy (non-hydrogen) atoms. The molecule has 0 saturated carbocycles. The summed E-state index contributed by atoms with van der Waals surface area (Å²) >= 11 is 0. The van der Waals surface area contributed by atoms with Crippen LogP contribution in [-0.4, -0.2) is 49.6 Å². The van der Waals surface area contributed by atoms with E-state index in [9.17, 15) is 18.3 Å². The molecule has 0 aromatic heterocycles. The molecule has 1 atom stereocenters. The zero-order valence-electron chi connectivity index (χ0n) is 13.1. The van der Waals surface area contributed by atoms with Gasteiger partial charge in [0.2, 0.25) is 10.0 Å². The van der Waals surface area contributed by atoms with Gasteiger partial charge in [-0.2, -0.15) is 4.31 Å². The second-order valence-corrected chi connectivity index (χ2v) is 8.02. The smallest absolute Gasteiger partial charge is 0.335 e. The maximum Gasteiger partial charge on any atom is 0.335 e. The van der Waals surface area contributed by atoms with Crippen LogP contribution < -0.4 is 0 Å². The van der Waals surface area contributed by atoms with Crippen LogP contribution in [0.1, 0.15) is 41.3 Å². The van der Waals surface area contributed by atoms with Crippen molar-refractivity contribution in [2.45, 2.75) is 43.5 Å². The van der Waals surface area contributed by atoms with Crippen LogP contribution in [-0.2, 0) is 27.6 Å². The van der Waals surface area contributed by atoms with E-state index in [4.69, 9.17) is 4.74 Å². The van der Waals surface area contributed by atoms with Crippen molar-refractivity contribution in [1.82, 2.24) is 4.31 Å². The highest BCUT2D eigenvalue weighted by Gasteiger charge is 2.34. The lowest BCUT2D eigenvalue weighted by molar-refractivity contribution is 0.0392. The molecule has 0 spiro atoms. The number of aryl methyl sites for hydroxylation is 1. The van der Waals surface area contributed by atoms with Crippen molar-refractivity contribution in [3.05, 3.63) is 28.8 Å². The minimum Gasteiger partial charge on any atom is -0.478 e. The minimum atomic E-state index is -3.72. The largest absolute Gasteiger partial charge is 0.478 e. The molecule has 3 rings (SSSR count). The number of carboxylic acid groups (broad SMARTS) is 1. The molecule has 126 valence electrons. The number of carbonyl (C=O) groups is 1. The molecule has 1 fully saturated rings. The number of benzene rings is 1. The SMILES string of the molecule is C[C@H]1COCCN1S(=O)(=O)c1cc(C(=O)O)cc2c1CCCC2. The number of aromatic carboxylic acids is 1. The summed E-state index contributed by atoms with van der Waals surface area (Å²) in [6.45, 7) is 2.84. The van der Waals surface area contributed by atoms with Crippen molar-refractivity contribution in [3.8, 4) is 0 Å². The molecule has 1 aromatic carbocycles. The van der Waals surface area contributed by atoms with Gasteiger partial charge in [-0.1, -0.05) is 0 Å². The second kappa shape index (κ2) is 6.22. The molecule has 0 amide bonds. The quantitative estimate of drug-likeness (QED) is 0.906. The van der Waals surface area contributed by atoms with Crippen LogP contribution in [0.4, 0.5) is 0 Å². The third-order valence-electron chi connectivity index (χ3n) is 4.56. The summed E-state index contributed by atoms with van der Waals surface area (Å²) in [5, 5.41) is 9.31. The normalized spacial score (nSPS) is 22.6. The first kappa shape index (κ1) is 16.4. The highest BCUT2D eigenvalue weighted by Crippen LogP contribution is 2.32. The lowest BCUT2D eigenvalue weighted by Gasteiger charge is -2.33. The van der Waals surface area contributed by atoms with Gasteiger partial charge >= 0.3 is 5.97 Å². The Kier molecular flexibility index (Phi) is 4.44. The molecular formula is C16H21NO5S. The maximum absolute atomic E-state index is 13.1. The van der Waals surface area contributed by atoms with Crippen molar-refractivity contribution < 1.29 is 23.1 Å². The maximum atomic E-state index is 13.1. The monoisotopic (exact) mass is 339 g/mol. The van der Waals surface area contributed by atoms with E-state index in [1.807, 2.05) is 6.92 Å². The van der Waals surface area contributed by atoms with Crippen LogP contribution >= 0.6 is 0 Å². The number of sulfonamides is 1. The van der Waals surface area contributed by atoms with Gasteiger partial charge in [0, 0.05) is 12.6 Å². The summed E-state index contributed by atoms with van der Waals surface area (Å²) in [5.41, 5.74) is 1.70. The zero-order valence-corrected chi connectivity index (χ0v) is 13.9. The van der Waals surface area contributed by atoms with E-state index in [1.165, 1.54) is 10.4 Å². The van der Waals surface area contributed by atoms with Gasteiger partial charge in [0.05, 0.1) is 23.7 Å². The van der Waals surface area contributed by atoms with E-state index in [-0.39, 0.29) is 16.5 Å². The van der Waals surface area contributed by atoms with Crippen LogP contribution in [0.15, 0.2) is 17.0 Å². The molecule has 6 nitrogen and oxygen atoms in total. The van der Waals surface area contributed by atoms with Crippen molar-refractivity contribution >= 4 is 16.0 Å². The molecule has 1 aliphatic heterocycles. The zero-order chi connectivity index (χ0) is 16.6. The number of rotatable bonds is 3. The fourth-order valence-electron chi connectivity index (χ4n) is 3.38. The predicted molar refractivity (Wildman–Crippen MR) is 84.2 cm³/mol. The Balaban J connectivity index is 2.13. The number of morpholine rings is 1. The van der Waals surface area contributed by atoms with Gasteiger partial charge in [0.25, 0.3) is 0 Å². The van der Waals surface area contributed by atoms with Crippen molar-refractivity contribution in [2.75, 3.05) is 19.8 Å². The summed E-state index contributed by atoms with van der Waals surface area (Å²) in [6.07, 6.45) is 3.31. The number of hydrogen-bond acceptors (Lipinski definition) is 4. The molecule has 7 heteroatoms. The standard InChI is InChI=1S/C16H21NO5S/c1-11-10-22-7-6-17(11)23(20,21)15-9-13(16(18)19)8-12-4-2-3-5-14(12)15/h8-9,11H,2-7,10H2,1H3,(H,18,19)/t11-/m0/s1. The Hall–Kier alpha value is -1.44. The van der Waals surface area contributed by atoms with Gasteiger partial charge in [-0.05, 0) is 55.9 Å². The first-order valence-electron chi connectivity index (χ1n) is 7.90. The number of fused-ring (bicyclic) bond motifs is 1. The van der Waals surface area contributed by atoms with Crippen LogP contribution in [0, 0.1) is 0 Å². The molecular weight excluding hydrogens is 318 g/mol. The Morgan fingerprint density at radius 3 is 2.74 bits per heavy atom. The van der Waals surface area contributed by atoms with E-state index >= 15 is 0 Å². The van der Waals surface area contributed by atoms with Gasteiger partial charge in [0.1, 0.15) is 0 Å². The highest BCUT2D eigenvalue weighted by molar-refractivity contribution is 7.89. The highest BCUT2D eigenvalue weighted by atomic mass is 32.2. The molecule has 1 N–H and O–H groups in total. The van der Waals surface area contributed by atoms with Crippen LogP contribution in [0.2, 0.25) is 0 Å². The topological polar surface area (TPSA) is 83.9 Å². The van der Waals surface area contributed by atoms with Crippen molar-refractivity contribution in [3.63, 3.8) is 0 Å². The van der Waals surface area contributed by atoms with Crippen LogP contribution in [0.5, 0.6) is 0 Å². The first-order valence-corrected chi connectivity index (χ1v) is 9.34. The third kappa shape index (κ3) is 3.00. The molecule has 0 radical (unpaired) electrons. The molecule has 1 aliphatic carbocycles. The van der Waals surface area contributed by atoms with Gasteiger partial charge < -0.3 is 9.84 Å². The Morgan fingerprint density at radius 2 is 2.04 bits per heavy atom. The second-order valence-electron chi connectivity index (χ2n) is 6.16. The molecule has 0 bridgehead atoms. The van der Waals surface area contributed by atoms with Crippen molar-refractivity contribution in [2.24, 2.45) is 0 Å². The van der Waals surface area contributed by atoms with E-state index in [1.54, 1.807) is 6.07 Å². The van der Waals surface area contributed by atoms with Gasteiger partial charge in [-0.3, -0.25) is 0 Å². The fourth-order valence-corrected chi connectivity index (χ4v) is 5.30. The Bertz CT molecular complexity index is 728. The predicted octanol–water partition coefficient (Wildman–Crippen LogP) is 1.67. The van der Waals surface area contributed by atoms with Crippen LogP contribution in [0.25, 0.3) is 0 Å². The average Bonchev–Trinajstić information content (AvgIpc) is 2.53. The fraction of sp³-hybridized carbons (Fsp3) is 0.562. The first-order chi connectivity index (χ1) is 10.9. The van der Waals surface area contributed by atoms with Gasteiger partial charge in [0.15, 0.2) is 0 Å².